The van der Waals surface area contributed by atoms with Gasteiger partial charge < -0.3 is 9.73 Å². The molecule has 0 unspecified atom stereocenters. The number of nitrogens with zero attached hydrogens (tertiary/aromatic N) is 4. The van der Waals surface area contributed by atoms with Gasteiger partial charge in [-0.15, -0.1) is 0 Å². The van der Waals surface area contributed by atoms with Crippen LogP contribution in [0.2, 0.25) is 0 Å². The van der Waals surface area contributed by atoms with Gasteiger partial charge in [-0.2, -0.15) is 5.10 Å². The molecule has 0 fully saturated rings. The number of hydrogen-bond acceptors (Lipinski definition) is 5. The molecule has 3 heterocycles. The van der Waals surface area contributed by atoms with Gasteiger partial charge in [0.2, 0.25) is 0 Å². The Balaban J connectivity index is 1.57. The Kier molecular flexibility index (Phi) is 3.45. The summed E-state index contributed by atoms with van der Waals surface area (Å²) in [5.41, 5.74) is 1.97. The molecule has 0 aliphatic heterocycles. The van der Waals surface area contributed by atoms with Crippen LogP contribution in [0.25, 0.3) is 22.4 Å². The van der Waals surface area contributed by atoms with Crippen molar-refractivity contribution >= 4 is 16.9 Å². The minimum absolute atomic E-state index is 0.298. The molecule has 3 aromatic heterocycles. The predicted molar refractivity (Wildman–Crippen MR) is 87.7 cm³/mol. The van der Waals surface area contributed by atoms with Crippen molar-refractivity contribution < 1.29 is 8.81 Å². The van der Waals surface area contributed by atoms with Crippen molar-refractivity contribution in [3.05, 3.63) is 60.5 Å². The van der Waals surface area contributed by atoms with Gasteiger partial charge in [0.15, 0.2) is 5.65 Å². The normalized spacial score (nSPS) is 11.1. The molecule has 120 valence electrons. The second-order valence-corrected chi connectivity index (χ2v) is 5.36. The molecule has 0 aliphatic rings. The van der Waals surface area contributed by atoms with Crippen LogP contribution in [0.5, 0.6) is 0 Å². The predicted octanol–water partition coefficient (Wildman–Crippen LogP) is 3.37. The van der Waals surface area contributed by atoms with Gasteiger partial charge in [-0.25, -0.2) is 14.4 Å². The molecule has 4 aromatic rings. The van der Waals surface area contributed by atoms with Crippen molar-refractivity contribution in [2.45, 2.75) is 6.54 Å². The molecule has 0 radical (unpaired) electrons. The number of halogens is 1. The molecule has 7 heteroatoms. The number of fused-ring (bicyclic) bond motifs is 1. The lowest BCUT2D eigenvalue weighted by Crippen LogP contribution is -2.04. The number of nitrogens with one attached hydrogen (secondary N) is 1. The standard InChI is InChI=1S/C17H14FN5O/c1-23-17-13(9-22-23)16(20-10-21-17)19-8-12-5-4-11(7-14(12)18)15-3-2-6-24-15/h2-7,9-10H,8H2,1H3,(H,19,20,21). The molecular formula is C17H14FN5O. The Hall–Kier alpha value is -3.22. The fourth-order valence-electron chi connectivity index (χ4n) is 2.57. The van der Waals surface area contributed by atoms with E-state index in [1.807, 2.05) is 13.1 Å². The van der Waals surface area contributed by atoms with Crippen LogP contribution in [0, 0.1) is 5.82 Å². The van der Waals surface area contributed by atoms with Gasteiger partial charge in [0.25, 0.3) is 0 Å². The smallest absolute Gasteiger partial charge is 0.163 e. The summed E-state index contributed by atoms with van der Waals surface area (Å²) in [6, 6.07) is 8.61. The molecule has 0 spiro atoms. The van der Waals surface area contributed by atoms with Crippen molar-refractivity contribution in [2.75, 3.05) is 5.32 Å². The van der Waals surface area contributed by atoms with Crippen LogP contribution in [0.15, 0.2) is 53.5 Å². The lowest BCUT2D eigenvalue weighted by Gasteiger charge is -2.08. The van der Waals surface area contributed by atoms with Crippen molar-refractivity contribution in [2.24, 2.45) is 7.05 Å². The fourth-order valence-corrected chi connectivity index (χ4v) is 2.57. The summed E-state index contributed by atoms with van der Waals surface area (Å²) in [5.74, 6) is 0.969. The van der Waals surface area contributed by atoms with E-state index in [0.29, 0.717) is 29.2 Å². The summed E-state index contributed by atoms with van der Waals surface area (Å²) in [5, 5.41) is 8.10. The molecule has 0 bridgehead atoms. The number of aromatic nitrogens is 4. The quantitative estimate of drug-likeness (QED) is 0.623. The van der Waals surface area contributed by atoms with Crippen LogP contribution >= 0.6 is 0 Å². The second-order valence-electron chi connectivity index (χ2n) is 5.36. The van der Waals surface area contributed by atoms with Crippen LogP contribution in [0.4, 0.5) is 10.2 Å². The molecule has 0 atom stereocenters. The third kappa shape index (κ3) is 2.50. The molecule has 4 rings (SSSR count). The lowest BCUT2D eigenvalue weighted by atomic mass is 10.1. The van der Waals surface area contributed by atoms with Crippen LogP contribution in [0.1, 0.15) is 5.56 Å². The molecule has 0 aliphatic carbocycles. The first-order valence-electron chi connectivity index (χ1n) is 7.41. The second kappa shape index (κ2) is 5.77. The zero-order valence-corrected chi connectivity index (χ0v) is 12.9. The molecular weight excluding hydrogens is 309 g/mol. The topological polar surface area (TPSA) is 68.8 Å². The van der Waals surface area contributed by atoms with Gasteiger partial charge in [0.05, 0.1) is 17.8 Å². The Morgan fingerprint density at radius 1 is 1.25 bits per heavy atom. The van der Waals surface area contributed by atoms with Gasteiger partial charge in [-0.3, -0.25) is 4.68 Å². The number of benzene rings is 1. The number of hydrogen-bond donors (Lipinski definition) is 1. The fraction of sp³-hybridized carbons (Fsp3) is 0.118. The van der Waals surface area contributed by atoms with E-state index in [4.69, 9.17) is 4.42 Å². The van der Waals surface area contributed by atoms with Gasteiger partial charge in [-0.1, -0.05) is 12.1 Å². The van der Waals surface area contributed by atoms with Crippen LogP contribution < -0.4 is 5.32 Å². The first-order chi connectivity index (χ1) is 11.7. The maximum absolute atomic E-state index is 14.3. The molecule has 1 aromatic carbocycles. The summed E-state index contributed by atoms with van der Waals surface area (Å²) in [7, 11) is 1.81. The highest BCUT2D eigenvalue weighted by Crippen LogP contribution is 2.23. The third-order valence-electron chi connectivity index (χ3n) is 3.83. The van der Waals surface area contributed by atoms with Gasteiger partial charge in [0, 0.05) is 24.7 Å². The van der Waals surface area contributed by atoms with E-state index in [-0.39, 0.29) is 5.82 Å². The number of anilines is 1. The lowest BCUT2D eigenvalue weighted by molar-refractivity contribution is 0.579. The van der Waals surface area contributed by atoms with Crippen molar-refractivity contribution in [3.8, 4) is 11.3 Å². The average molecular weight is 323 g/mol. The maximum Gasteiger partial charge on any atom is 0.163 e. The Morgan fingerprint density at radius 2 is 2.17 bits per heavy atom. The zero-order valence-electron chi connectivity index (χ0n) is 12.9. The Morgan fingerprint density at radius 3 is 2.96 bits per heavy atom. The summed E-state index contributed by atoms with van der Waals surface area (Å²) in [6.45, 7) is 0.311. The van der Waals surface area contributed by atoms with Gasteiger partial charge >= 0.3 is 0 Å². The average Bonchev–Trinajstić information content (AvgIpc) is 3.24. The molecule has 0 amide bonds. The molecule has 0 saturated carbocycles. The van der Waals surface area contributed by atoms with E-state index in [2.05, 4.69) is 20.4 Å². The number of furan rings is 1. The summed E-state index contributed by atoms with van der Waals surface area (Å²) in [6.07, 6.45) is 4.72. The van der Waals surface area contributed by atoms with Gasteiger partial charge in [-0.05, 0) is 18.2 Å². The van der Waals surface area contributed by atoms with Crippen molar-refractivity contribution in [1.29, 1.82) is 0 Å². The van der Waals surface area contributed by atoms with E-state index >= 15 is 0 Å². The van der Waals surface area contributed by atoms with E-state index < -0.39 is 0 Å². The van der Waals surface area contributed by atoms with Crippen LogP contribution in [-0.4, -0.2) is 19.7 Å². The highest BCUT2D eigenvalue weighted by atomic mass is 19.1. The zero-order chi connectivity index (χ0) is 16.5. The summed E-state index contributed by atoms with van der Waals surface area (Å²) < 4.78 is 21.3. The Bertz CT molecular complexity index is 994. The summed E-state index contributed by atoms with van der Waals surface area (Å²) in [4.78, 5) is 8.39. The van der Waals surface area contributed by atoms with Crippen molar-refractivity contribution in [1.82, 2.24) is 19.7 Å². The van der Waals surface area contributed by atoms with Crippen LogP contribution in [0.3, 0.4) is 0 Å². The minimum Gasteiger partial charge on any atom is -0.464 e. The molecule has 1 N–H and O–H groups in total. The van der Waals surface area contributed by atoms with Crippen molar-refractivity contribution in [3.63, 3.8) is 0 Å². The first-order valence-corrected chi connectivity index (χ1v) is 7.41. The summed E-state index contributed by atoms with van der Waals surface area (Å²) >= 11 is 0. The van der Waals surface area contributed by atoms with E-state index in [9.17, 15) is 4.39 Å². The number of aryl methyl sites for hydroxylation is 1. The highest BCUT2D eigenvalue weighted by molar-refractivity contribution is 5.85. The number of rotatable bonds is 4. The monoisotopic (exact) mass is 323 g/mol. The molecule has 24 heavy (non-hydrogen) atoms. The van der Waals surface area contributed by atoms with E-state index in [1.165, 1.54) is 12.4 Å². The van der Waals surface area contributed by atoms with Crippen LogP contribution in [-0.2, 0) is 13.6 Å². The van der Waals surface area contributed by atoms with Gasteiger partial charge in [0.1, 0.15) is 23.7 Å². The first kappa shape index (κ1) is 14.4. The minimum atomic E-state index is -0.298. The third-order valence-corrected chi connectivity index (χ3v) is 3.83. The van der Waals surface area contributed by atoms with E-state index in [0.717, 1.165) is 11.0 Å². The largest absolute Gasteiger partial charge is 0.464 e. The van der Waals surface area contributed by atoms with E-state index in [1.54, 1.807) is 35.3 Å². The Labute approximate surface area is 137 Å². The highest BCUT2D eigenvalue weighted by Gasteiger charge is 2.10. The maximum atomic E-state index is 14.3. The molecule has 6 nitrogen and oxygen atoms in total. The SMILES string of the molecule is Cn1ncc2c(NCc3ccc(-c4ccco4)cc3F)ncnc21. The molecule has 0 saturated heterocycles.